The van der Waals surface area contributed by atoms with Gasteiger partial charge in [0.2, 0.25) is 5.91 Å². The normalized spacial score (nSPS) is 12.1. The Kier molecular flexibility index (Phi) is 45.7. The van der Waals surface area contributed by atoms with Crippen LogP contribution in [-0.4, -0.2) is 29.4 Å². The molecule has 0 spiro atoms. The van der Waals surface area contributed by atoms with Gasteiger partial charge in [0.15, 0.2) is 0 Å². The molecule has 0 aromatic heterocycles. The molecule has 54 heavy (non-hydrogen) atoms. The zero-order valence-corrected chi connectivity index (χ0v) is 37.2. The summed E-state index contributed by atoms with van der Waals surface area (Å²) in [6.45, 7) is 4.63. The molecular weight excluding hydrogens is 663 g/mol. The first-order chi connectivity index (χ1) is 26.6. The van der Waals surface area contributed by atoms with Crippen molar-refractivity contribution in [3.63, 3.8) is 0 Å². The molecule has 0 radical (unpaired) electrons. The van der Waals surface area contributed by atoms with Crippen LogP contribution < -0.4 is 5.32 Å². The fraction of sp³-hybridized carbons (Fsp3) is 0.960. The number of unbranched alkanes of at least 4 members (excludes halogenated alkanes) is 37. The SMILES string of the molecule is CCCCCCCCCCCCCCCCCC[C@@H](CO)NC(=O)CCCCCCCCCCCCCCCC(=O)CCCCCCCCCCCCC. The number of hydrogen-bond acceptors (Lipinski definition) is 3. The maximum Gasteiger partial charge on any atom is 0.220 e. The highest BCUT2D eigenvalue weighted by atomic mass is 16.3. The number of carbonyl (C=O) groups is 2. The van der Waals surface area contributed by atoms with Crippen molar-refractivity contribution in [3.05, 3.63) is 0 Å². The van der Waals surface area contributed by atoms with Crippen molar-refractivity contribution in [3.8, 4) is 0 Å². The van der Waals surface area contributed by atoms with Gasteiger partial charge in [-0.15, -0.1) is 0 Å². The van der Waals surface area contributed by atoms with E-state index in [0.29, 0.717) is 12.2 Å². The van der Waals surface area contributed by atoms with E-state index < -0.39 is 0 Å². The fourth-order valence-corrected chi connectivity index (χ4v) is 8.11. The van der Waals surface area contributed by atoms with E-state index in [2.05, 4.69) is 19.2 Å². The van der Waals surface area contributed by atoms with Gasteiger partial charge in [0.05, 0.1) is 12.6 Å². The molecule has 0 fully saturated rings. The number of aliphatic hydroxyl groups is 1. The van der Waals surface area contributed by atoms with Gasteiger partial charge in [-0.25, -0.2) is 0 Å². The van der Waals surface area contributed by atoms with E-state index in [1.54, 1.807) is 0 Å². The van der Waals surface area contributed by atoms with Crippen molar-refractivity contribution >= 4 is 11.7 Å². The van der Waals surface area contributed by atoms with Gasteiger partial charge in [-0.1, -0.05) is 251 Å². The molecule has 0 saturated heterocycles. The number of Topliss-reactive ketones (excluding diaryl/α,β-unsaturated/α-hetero) is 1. The van der Waals surface area contributed by atoms with Crippen molar-refractivity contribution in [2.75, 3.05) is 6.61 Å². The first-order valence-corrected chi connectivity index (χ1v) is 25.1. The smallest absolute Gasteiger partial charge is 0.220 e. The molecule has 4 nitrogen and oxygen atoms in total. The van der Waals surface area contributed by atoms with Crippen LogP contribution >= 0.6 is 0 Å². The minimum absolute atomic E-state index is 0.0605. The lowest BCUT2D eigenvalue weighted by Crippen LogP contribution is -2.37. The average molecular weight is 762 g/mol. The highest BCUT2D eigenvalue weighted by Crippen LogP contribution is 2.17. The van der Waals surface area contributed by atoms with E-state index in [0.717, 1.165) is 51.4 Å². The van der Waals surface area contributed by atoms with Crippen LogP contribution in [0.2, 0.25) is 0 Å². The Labute approximate surface area is 339 Å². The van der Waals surface area contributed by atoms with Crippen LogP contribution in [0.5, 0.6) is 0 Å². The molecule has 0 saturated carbocycles. The van der Waals surface area contributed by atoms with Crippen molar-refractivity contribution < 1.29 is 14.7 Å². The van der Waals surface area contributed by atoms with Gasteiger partial charge < -0.3 is 10.4 Å². The summed E-state index contributed by atoms with van der Waals surface area (Å²) in [5.74, 6) is 0.622. The number of nitrogens with one attached hydrogen (secondary N) is 1. The highest BCUT2D eigenvalue weighted by molar-refractivity contribution is 5.78. The summed E-state index contributed by atoms with van der Waals surface area (Å²) in [6.07, 6.45) is 56.0. The Hall–Kier alpha value is -0.900. The molecule has 0 unspecified atom stereocenters. The number of ketones is 1. The minimum Gasteiger partial charge on any atom is -0.394 e. The first-order valence-electron chi connectivity index (χ1n) is 25.1. The lowest BCUT2D eigenvalue weighted by Gasteiger charge is -2.16. The number of rotatable bonds is 47. The second kappa shape index (κ2) is 46.5. The first kappa shape index (κ1) is 53.1. The van der Waals surface area contributed by atoms with E-state index >= 15 is 0 Å². The molecule has 1 atom stereocenters. The molecule has 0 heterocycles. The third-order valence-corrected chi connectivity index (χ3v) is 11.9. The lowest BCUT2D eigenvalue weighted by molar-refractivity contribution is -0.122. The van der Waals surface area contributed by atoms with Gasteiger partial charge in [0.25, 0.3) is 0 Å². The highest BCUT2D eigenvalue weighted by Gasteiger charge is 2.11. The van der Waals surface area contributed by atoms with Crippen LogP contribution in [0.1, 0.15) is 296 Å². The maximum atomic E-state index is 12.4. The van der Waals surface area contributed by atoms with E-state index in [9.17, 15) is 14.7 Å². The Morgan fingerprint density at radius 1 is 0.352 bits per heavy atom. The molecule has 1 amide bonds. The van der Waals surface area contributed by atoms with Crippen molar-refractivity contribution in [1.82, 2.24) is 5.32 Å². The standard InChI is InChI=1S/C50H99NO3/c1-3-5-7-9-11-13-15-16-17-18-20-24-27-31-35-39-43-48(47-52)51-50(54)46-42-38-34-30-26-22-19-21-25-29-33-37-41-45-49(53)44-40-36-32-28-23-14-12-10-8-6-4-2/h48,52H,3-47H2,1-2H3,(H,51,54)/t48-/m0/s1. The molecule has 0 aromatic rings. The molecule has 322 valence electrons. The molecule has 0 bridgehead atoms. The van der Waals surface area contributed by atoms with Gasteiger partial charge in [0.1, 0.15) is 5.78 Å². The molecule has 0 aromatic carbocycles. The number of carbonyl (C=O) groups excluding carboxylic acids is 2. The van der Waals surface area contributed by atoms with Gasteiger partial charge in [-0.3, -0.25) is 9.59 Å². The fourth-order valence-electron chi connectivity index (χ4n) is 8.11. The van der Waals surface area contributed by atoms with Crippen molar-refractivity contribution in [2.45, 2.75) is 302 Å². The third-order valence-electron chi connectivity index (χ3n) is 11.9. The van der Waals surface area contributed by atoms with Crippen LogP contribution in [0.4, 0.5) is 0 Å². The zero-order valence-electron chi connectivity index (χ0n) is 37.2. The van der Waals surface area contributed by atoms with Crippen molar-refractivity contribution in [1.29, 1.82) is 0 Å². The van der Waals surface area contributed by atoms with Crippen LogP contribution in [0.3, 0.4) is 0 Å². The van der Waals surface area contributed by atoms with Gasteiger partial charge >= 0.3 is 0 Å². The third kappa shape index (κ3) is 43.8. The minimum atomic E-state index is -0.0673. The van der Waals surface area contributed by atoms with E-state index in [4.69, 9.17) is 0 Å². The Morgan fingerprint density at radius 3 is 0.870 bits per heavy atom. The topological polar surface area (TPSA) is 66.4 Å². The van der Waals surface area contributed by atoms with Crippen molar-refractivity contribution in [2.24, 2.45) is 0 Å². The quantitative estimate of drug-likeness (QED) is 0.0607. The average Bonchev–Trinajstić information content (AvgIpc) is 3.17. The summed E-state index contributed by atoms with van der Waals surface area (Å²) in [7, 11) is 0. The summed E-state index contributed by atoms with van der Waals surface area (Å²) in [4.78, 5) is 24.6. The number of hydrogen-bond donors (Lipinski definition) is 2. The number of aliphatic hydroxyl groups excluding tert-OH is 1. The molecule has 4 heteroatoms. The predicted molar refractivity (Wildman–Crippen MR) is 239 cm³/mol. The summed E-state index contributed by atoms with van der Waals surface area (Å²) in [6, 6.07) is -0.0673. The van der Waals surface area contributed by atoms with Crippen LogP contribution in [0.15, 0.2) is 0 Å². The van der Waals surface area contributed by atoms with Gasteiger partial charge in [-0.2, -0.15) is 0 Å². The second-order valence-electron chi connectivity index (χ2n) is 17.5. The second-order valence-corrected chi connectivity index (χ2v) is 17.5. The largest absolute Gasteiger partial charge is 0.394 e. The Balaban J connectivity index is 3.37. The van der Waals surface area contributed by atoms with E-state index in [1.807, 2.05) is 0 Å². The molecule has 0 rings (SSSR count). The van der Waals surface area contributed by atoms with E-state index in [-0.39, 0.29) is 18.6 Å². The Morgan fingerprint density at radius 2 is 0.593 bits per heavy atom. The Bertz CT molecular complexity index is 739. The summed E-state index contributed by atoms with van der Waals surface area (Å²) >= 11 is 0. The van der Waals surface area contributed by atoms with Crippen LogP contribution in [0.25, 0.3) is 0 Å². The predicted octanol–water partition coefficient (Wildman–Crippen LogP) is 16.2. The summed E-state index contributed by atoms with van der Waals surface area (Å²) in [5.41, 5.74) is 0. The summed E-state index contributed by atoms with van der Waals surface area (Å²) < 4.78 is 0. The van der Waals surface area contributed by atoms with Gasteiger partial charge in [-0.05, 0) is 25.7 Å². The van der Waals surface area contributed by atoms with Gasteiger partial charge in [0, 0.05) is 19.3 Å². The monoisotopic (exact) mass is 762 g/mol. The van der Waals surface area contributed by atoms with Crippen LogP contribution in [-0.2, 0) is 9.59 Å². The molecule has 0 aliphatic carbocycles. The zero-order chi connectivity index (χ0) is 39.3. The van der Waals surface area contributed by atoms with E-state index in [1.165, 1.54) is 225 Å². The van der Waals surface area contributed by atoms with Crippen LogP contribution in [0, 0.1) is 0 Å². The summed E-state index contributed by atoms with van der Waals surface area (Å²) in [5, 5.41) is 12.8. The maximum absolute atomic E-state index is 12.4. The number of amides is 1. The molecule has 0 aliphatic rings. The molecular formula is C50H99NO3. The molecule has 2 N–H and O–H groups in total. The lowest BCUT2D eigenvalue weighted by atomic mass is 10.0. The molecule has 0 aliphatic heterocycles.